The molecular weight excluding hydrogens is 332 g/mol. The summed E-state index contributed by atoms with van der Waals surface area (Å²) in [6, 6.07) is 8.59. The van der Waals surface area contributed by atoms with Gasteiger partial charge in [-0.15, -0.1) is 11.8 Å². The van der Waals surface area contributed by atoms with Gasteiger partial charge >= 0.3 is 6.09 Å². The molecule has 2 rings (SSSR count). The van der Waals surface area contributed by atoms with Gasteiger partial charge < -0.3 is 15.0 Å². The van der Waals surface area contributed by atoms with Crippen molar-refractivity contribution in [1.82, 2.24) is 4.90 Å². The van der Waals surface area contributed by atoms with E-state index in [1.807, 2.05) is 25.7 Å². The highest BCUT2D eigenvalue weighted by atomic mass is 32.2. The molecule has 25 heavy (non-hydrogen) atoms. The molecule has 0 spiro atoms. The molecule has 1 fully saturated rings. The summed E-state index contributed by atoms with van der Waals surface area (Å²) < 4.78 is 5.45. The fourth-order valence-electron chi connectivity index (χ4n) is 3.06. The molecule has 1 aromatic rings. The lowest BCUT2D eigenvalue weighted by Crippen LogP contribution is -2.41. The highest BCUT2D eigenvalue weighted by molar-refractivity contribution is 7.98. The molecule has 5 heteroatoms. The second-order valence-corrected chi connectivity index (χ2v) is 8.59. The number of ether oxygens (including phenoxy) is 1. The molecule has 0 radical (unpaired) electrons. The highest BCUT2D eigenvalue weighted by Gasteiger charge is 2.26. The average molecular weight is 365 g/mol. The van der Waals surface area contributed by atoms with Crippen LogP contribution in [0.3, 0.4) is 0 Å². The number of nitrogens with one attached hydrogen (secondary N) is 1. The van der Waals surface area contributed by atoms with Crippen LogP contribution in [0.1, 0.15) is 46.5 Å². The first-order valence-corrected chi connectivity index (χ1v) is 10.5. The minimum Gasteiger partial charge on any atom is -0.444 e. The number of benzene rings is 1. The number of nitrogens with zero attached hydrogens (tertiary/aromatic N) is 1. The Kier molecular flexibility index (Phi) is 7.48. The van der Waals surface area contributed by atoms with Crippen LogP contribution in [0.15, 0.2) is 29.2 Å². The number of rotatable bonds is 6. The summed E-state index contributed by atoms with van der Waals surface area (Å²) in [5, 5.41) is 3.49. The molecule has 0 aliphatic carbocycles. The van der Waals surface area contributed by atoms with Crippen molar-refractivity contribution in [1.29, 1.82) is 0 Å². The Morgan fingerprint density at radius 3 is 2.44 bits per heavy atom. The van der Waals surface area contributed by atoms with E-state index in [0.717, 1.165) is 38.4 Å². The fourth-order valence-corrected chi connectivity index (χ4v) is 3.47. The van der Waals surface area contributed by atoms with E-state index >= 15 is 0 Å². The summed E-state index contributed by atoms with van der Waals surface area (Å²) in [5.74, 6) is 0.722. The quantitative estimate of drug-likeness (QED) is 0.553. The van der Waals surface area contributed by atoms with E-state index in [2.05, 4.69) is 35.8 Å². The molecule has 1 saturated heterocycles. The van der Waals surface area contributed by atoms with Crippen LogP contribution in [-0.2, 0) is 4.74 Å². The van der Waals surface area contributed by atoms with Gasteiger partial charge in [0.15, 0.2) is 0 Å². The van der Waals surface area contributed by atoms with E-state index in [1.54, 1.807) is 11.8 Å². The second kappa shape index (κ2) is 9.37. The Labute approximate surface area is 156 Å². The average Bonchev–Trinajstić information content (AvgIpc) is 2.58. The van der Waals surface area contributed by atoms with Crippen LogP contribution in [0.5, 0.6) is 0 Å². The highest BCUT2D eigenvalue weighted by Crippen LogP contribution is 2.23. The number of piperidine rings is 1. The zero-order valence-corrected chi connectivity index (χ0v) is 16.8. The molecule has 1 aliphatic rings. The number of carbonyl (C=O) groups excluding carboxylic acids is 1. The number of hydrogen-bond donors (Lipinski definition) is 1. The number of amides is 1. The van der Waals surface area contributed by atoms with Crippen LogP contribution in [0.25, 0.3) is 0 Å². The molecule has 0 bridgehead atoms. The predicted octanol–water partition coefficient (Wildman–Crippen LogP) is 5.25. The molecule has 1 aliphatic heterocycles. The van der Waals surface area contributed by atoms with Gasteiger partial charge in [0.1, 0.15) is 5.60 Å². The summed E-state index contributed by atoms with van der Waals surface area (Å²) in [6.45, 7) is 8.40. The van der Waals surface area contributed by atoms with Gasteiger partial charge in [0.25, 0.3) is 0 Å². The molecule has 0 aromatic heterocycles. The lowest BCUT2D eigenvalue weighted by molar-refractivity contribution is 0.0181. The van der Waals surface area contributed by atoms with E-state index in [0.29, 0.717) is 0 Å². The molecule has 1 amide bonds. The van der Waals surface area contributed by atoms with Gasteiger partial charge in [0.2, 0.25) is 0 Å². The van der Waals surface area contributed by atoms with Crippen molar-refractivity contribution >= 4 is 23.5 Å². The molecule has 1 aromatic carbocycles. The van der Waals surface area contributed by atoms with Crippen LogP contribution in [0.4, 0.5) is 10.5 Å². The minimum absolute atomic E-state index is 0.165. The summed E-state index contributed by atoms with van der Waals surface area (Å²) >= 11 is 1.76. The second-order valence-electron chi connectivity index (χ2n) is 7.71. The van der Waals surface area contributed by atoms with Crippen molar-refractivity contribution in [2.75, 3.05) is 31.2 Å². The van der Waals surface area contributed by atoms with Crippen LogP contribution < -0.4 is 5.32 Å². The molecule has 0 saturated carbocycles. The van der Waals surface area contributed by atoms with Crippen molar-refractivity contribution in [3.63, 3.8) is 0 Å². The van der Waals surface area contributed by atoms with E-state index in [9.17, 15) is 4.79 Å². The number of likely N-dealkylation sites (tertiary alicyclic amines) is 1. The predicted molar refractivity (Wildman–Crippen MR) is 106 cm³/mol. The smallest absolute Gasteiger partial charge is 0.410 e. The monoisotopic (exact) mass is 364 g/mol. The van der Waals surface area contributed by atoms with Gasteiger partial charge in [-0.2, -0.15) is 0 Å². The maximum absolute atomic E-state index is 12.1. The number of thioether (sulfide) groups is 1. The zero-order valence-electron chi connectivity index (χ0n) is 16.0. The summed E-state index contributed by atoms with van der Waals surface area (Å²) in [6.07, 6.45) is 6.49. The van der Waals surface area contributed by atoms with Gasteiger partial charge in [0, 0.05) is 30.2 Å². The number of anilines is 1. The SMILES string of the molecule is CSc1ccc(NCCCC2CCN(C(=O)OC(C)(C)C)CC2)cc1. The molecule has 0 atom stereocenters. The third-order valence-electron chi connectivity index (χ3n) is 4.47. The van der Waals surface area contributed by atoms with Crippen molar-refractivity contribution < 1.29 is 9.53 Å². The van der Waals surface area contributed by atoms with Crippen molar-refractivity contribution in [2.24, 2.45) is 5.92 Å². The molecular formula is C20H32N2O2S. The lowest BCUT2D eigenvalue weighted by Gasteiger charge is -2.33. The Bertz CT molecular complexity index is 532. The third kappa shape index (κ3) is 7.18. The van der Waals surface area contributed by atoms with Gasteiger partial charge in [-0.25, -0.2) is 4.79 Å². The Balaban J connectivity index is 1.61. The number of hydrogen-bond acceptors (Lipinski definition) is 4. The fraction of sp³-hybridized carbons (Fsp3) is 0.650. The Morgan fingerprint density at radius 1 is 1.24 bits per heavy atom. The van der Waals surface area contributed by atoms with E-state index < -0.39 is 5.60 Å². The van der Waals surface area contributed by atoms with E-state index in [-0.39, 0.29) is 6.09 Å². The number of carbonyl (C=O) groups is 1. The van der Waals surface area contributed by atoms with Crippen LogP contribution in [-0.4, -0.2) is 42.5 Å². The van der Waals surface area contributed by atoms with Gasteiger partial charge in [0.05, 0.1) is 0 Å². The molecule has 1 heterocycles. The summed E-state index contributed by atoms with van der Waals surface area (Å²) in [4.78, 5) is 15.2. The molecule has 1 N–H and O–H groups in total. The van der Waals surface area contributed by atoms with Crippen molar-refractivity contribution in [3.05, 3.63) is 24.3 Å². The van der Waals surface area contributed by atoms with Gasteiger partial charge in [-0.3, -0.25) is 0 Å². The first-order valence-electron chi connectivity index (χ1n) is 9.23. The maximum atomic E-state index is 12.1. The largest absolute Gasteiger partial charge is 0.444 e. The molecule has 140 valence electrons. The van der Waals surface area contributed by atoms with E-state index in [4.69, 9.17) is 4.74 Å². The van der Waals surface area contributed by atoms with Crippen LogP contribution in [0.2, 0.25) is 0 Å². The zero-order chi connectivity index (χ0) is 18.3. The molecule has 4 nitrogen and oxygen atoms in total. The Hall–Kier alpha value is -1.36. The summed E-state index contributed by atoms with van der Waals surface area (Å²) in [7, 11) is 0. The van der Waals surface area contributed by atoms with Gasteiger partial charge in [-0.05, 0) is 82.9 Å². The minimum atomic E-state index is -0.409. The summed E-state index contributed by atoms with van der Waals surface area (Å²) in [5.41, 5.74) is 0.783. The topological polar surface area (TPSA) is 41.6 Å². The Morgan fingerprint density at radius 2 is 1.88 bits per heavy atom. The molecule has 0 unspecified atom stereocenters. The van der Waals surface area contributed by atoms with E-state index in [1.165, 1.54) is 23.4 Å². The van der Waals surface area contributed by atoms with Crippen LogP contribution >= 0.6 is 11.8 Å². The van der Waals surface area contributed by atoms with Crippen molar-refractivity contribution in [2.45, 2.75) is 57.0 Å². The first kappa shape index (κ1) is 20.0. The first-order chi connectivity index (χ1) is 11.9. The normalized spacial score (nSPS) is 15.9. The van der Waals surface area contributed by atoms with Gasteiger partial charge in [-0.1, -0.05) is 0 Å². The third-order valence-corrected chi connectivity index (χ3v) is 5.22. The lowest BCUT2D eigenvalue weighted by atomic mass is 9.92. The standard InChI is InChI=1S/C20H32N2O2S/c1-20(2,3)24-19(23)22-14-11-16(12-15-22)6-5-13-21-17-7-9-18(25-4)10-8-17/h7-10,16,21H,5-6,11-15H2,1-4H3. The van der Waals surface area contributed by atoms with Crippen LogP contribution in [0, 0.1) is 5.92 Å². The maximum Gasteiger partial charge on any atom is 0.410 e. The van der Waals surface area contributed by atoms with Crippen molar-refractivity contribution in [3.8, 4) is 0 Å².